The molecule has 1 unspecified atom stereocenters. The van der Waals surface area contributed by atoms with Crippen molar-refractivity contribution in [3.63, 3.8) is 0 Å². The van der Waals surface area contributed by atoms with E-state index in [4.69, 9.17) is 4.74 Å². The van der Waals surface area contributed by atoms with E-state index in [0.717, 1.165) is 5.56 Å². The normalized spacial score (nSPS) is 17.7. The molecule has 4 heteroatoms. The Morgan fingerprint density at radius 3 is 2.42 bits per heavy atom. The standard InChI is InChI=1S/C15H12O4/c16-10-3-1-9(2-4-10)15-8-13(18)12-7-11(17)5-6-14(12)19-15/h1-7,15-17H,8H2. The van der Waals surface area contributed by atoms with Crippen LogP contribution in [0.5, 0.6) is 17.2 Å². The number of carbonyl (C=O) groups is 1. The van der Waals surface area contributed by atoms with E-state index in [9.17, 15) is 15.0 Å². The van der Waals surface area contributed by atoms with E-state index in [-0.39, 0.29) is 29.8 Å². The Bertz CT molecular complexity index is 631. The van der Waals surface area contributed by atoms with E-state index < -0.39 is 0 Å². The first kappa shape index (κ1) is 11.6. The molecular formula is C15H12O4. The zero-order valence-corrected chi connectivity index (χ0v) is 10.0. The summed E-state index contributed by atoms with van der Waals surface area (Å²) in [4.78, 5) is 12.0. The lowest BCUT2D eigenvalue weighted by Gasteiger charge is -2.25. The number of carbonyl (C=O) groups excluding carboxylic acids is 1. The molecule has 2 aromatic rings. The van der Waals surface area contributed by atoms with Crippen molar-refractivity contribution in [2.24, 2.45) is 0 Å². The summed E-state index contributed by atoms with van der Waals surface area (Å²) in [5.41, 5.74) is 1.25. The zero-order chi connectivity index (χ0) is 13.4. The van der Waals surface area contributed by atoms with E-state index in [2.05, 4.69) is 0 Å². The maximum atomic E-state index is 12.0. The number of rotatable bonds is 1. The number of phenolic OH excluding ortho intramolecular Hbond substituents is 2. The van der Waals surface area contributed by atoms with Crippen LogP contribution in [0.25, 0.3) is 0 Å². The number of Topliss-reactive ketones (excluding diaryl/α,β-unsaturated/α-hetero) is 1. The Kier molecular flexibility index (Phi) is 2.63. The molecule has 1 aliphatic rings. The van der Waals surface area contributed by atoms with Crippen molar-refractivity contribution in [3.8, 4) is 17.2 Å². The van der Waals surface area contributed by atoms with Gasteiger partial charge in [0.15, 0.2) is 5.78 Å². The van der Waals surface area contributed by atoms with Crippen LogP contribution in [0.15, 0.2) is 42.5 Å². The quantitative estimate of drug-likeness (QED) is 0.823. The van der Waals surface area contributed by atoms with Gasteiger partial charge < -0.3 is 14.9 Å². The second-order valence-corrected chi connectivity index (χ2v) is 4.51. The molecule has 0 bridgehead atoms. The smallest absolute Gasteiger partial charge is 0.170 e. The van der Waals surface area contributed by atoms with Crippen molar-refractivity contribution >= 4 is 5.78 Å². The average molecular weight is 256 g/mol. The highest BCUT2D eigenvalue weighted by atomic mass is 16.5. The lowest BCUT2D eigenvalue weighted by atomic mass is 9.96. The zero-order valence-electron chi connectivity index (χ0n) is 10.0. The maximum absolute atomic E-state index is 12.0. The number of phenols is 2. The van der Waals surface area contributed by atoms with Crippen LogP contribution in [0, 0.1) is 0 Å². The number of hydrogen-bond donors (Lipinski definition) is 2. The molecule has 1 heterocycles. The van der Waals surface area contributed by atoms with Crippen molar-refractivity contribution in [1.29, 1.82) is 0 Å². The Morgan fingerprint density at radius 1 is 1.00 bits per heavy atom. The third-order valence-corrected chi connectivity index (χ3v) is 3.17. The molecule has 0 radical (unpaired) electrons. The lowest BCUT2D eigenvalue weighted by molar-refractivity contribution is 0.0849. The largest absolute Gasteiger partial charge is 0.508 e. The fourth-order valence-corrected chi connectivity index (χ4v) is 2.19. The molecule has 0 aromatic heterocycles. The molecule has 1 aliphatic heterocycles. The van der Waals surface area contributed by atoms with Crippen LogP contribution in [0.2, 0.25) is 0 Å². The molecular weight excluding hydrogens is 244 g/mol. The predicted molar refractivity (Wildman–Crippen MR) is 68.5 cm³/mol. The number of ether oxygens (including phenoxy) is 1. The van der Waals surface area contributed by atoms with Crippen molar-refractivity contribution in [3.05, 3.63) is 53.6 Å². The van der Waals surface area contributed by atoms with Gasteiger partial charge in [-0.15, -0.1) is 0 Å². The lowest BCUT2D eigenvalue weighted by Crippen LogP contribution is -2.20. The van der Waals surface area contributed by atoms with E-state index >= 15 is 0 Å². The van der Waals surface area contributed by atoms with Gasteiger partial charge in [-0.1, -0.05) is 12.1 Å². The van der Waals surface area contributed by atoms with Gasteiger partial charge in [-0.05, 0) is 35.9 Å². The summed E-state index contributed by atoms with van der Waals surface area (Å²) in [5.74, 6) is 0.650. The van der Waals surface area contributed by atoms with Gasteiger partial charge in [-0.25, -0.2) is 0 Å². The minimum Gasteiger partial charge on any atom is -0.508 e. The first-order valence-corrected chi connectivity index (χ1v) is 5.95. The van der Waals surface area contributed by atoms with Gasteiger partial charge >= 0.3 is 0 Å². The summed E-state index contributed by atoms with van der Waals surface area (Å²) in [5, 5.41) is 18.6. The molecule has 0 aliphatic carbocycles. The maximum Gasteiger partial charge on any atom is 0.170 e. The van der Waals surface area contributed by atoms with Crippen molar-refractivity contribution in [1.82, 2.24) is 0 Å². The fourth-order valence-electron chi connectivity index (χ4n) is 2.19. The molecule has 96 valence electrons. The van der Waals surface area contributed by atoms with Crippen LogP contribution in [0.3, 0.4) is 0 Å². The Hall–Kier alpha value is -2.49. The number of fused-ring (bicyclic) bond motifs is 1. The molecule has 4 nitrogen and oxygen atoms in total. The topological polar surface area (TPSA) is 66.8 Å². The van der Waals surface area contributed by atoms with E-state index in [1.54, 1.807) is 30.3 Å². The summed E-state index contributed by atoms with van der Waals surface area (Å²) >= 11 is 0. The molecule has 2 N–H and O–H groups in total. The van der Waals surface area contributed by atoms with Gasteiger partial charge in [0.1, 0.15) is 23.4 Å². The minimum absolute atomic E-state index is 0.0544. The summed E-state index contributed by atoms with van der Waals surface area (Å²) in [7, 11) is 0. The highest BCUT2D eigenvalue weighted by Crippen LogP contribution is 2.36. The molecule has 0 amide bonds. The third-order valence-electron chi connectivity index (χ3n) is 3.17. The molecule has 3 rings (SSSR count). The molecule has 1 atom stereocenters. The molecule has 0 saturated heterocycles. The molecule has 0 spiro atoms. The van der Waals surface area contributed by atoms with Crippen LogP contribution < -0.4 is 4.74 Å². The molecule has 2 aromatic carbocycles. The van der Waals surface area contributed by atoms with Gasteiger partial charge in [-0.3, -0.25) is 4.79 Å². The number of hydrogen-bond acceptors (Lipinski definition) is 4. The Morgan fingerprint density at radius 2 is 1.68 bits per heavy atom. The summed E-state index contributed by atoms with van der Waals surface area (Å²) in [6.45, 7) is 0. The van der Waals surface area contributed by atoms with Gasteiger partial charge in [-0.2, -0.15) is 0 Å². The average Bonchev–Trinajstić information content (AvgIpc) is 2.40. The minimum atomic E-state index is -0.356. The van der Waals surface area contributed by atoms with E-state index in [1.165, 1.54) is 12.1 Å². The van der Waals surface area contributed by atoms with E-state index in [1.807, 2.05) is 0 Å². The SMILES string of the molecule is O=C1CC(c2ccc(O)cc2)Oc2ccc(O)cc21. The third kappa shape index (κ3) is 2.12. The molecule has 0 saturated carbocycles. The van der Waals surface area contributed by atoms with Gasteiger partial charge in [0.2, 0.25) is 0 Å². The second-order valence-electron chi connectivity index (χ2n) is 4.51. The second kappa shape index (κ2) is 4.31. The fraction of sp³-hybridized carbons (Fsp3) is 0.133. The van der Waals surface area contributed by atoms with Crippen LogP contribution >= 0.6 is 0 Å². The Labute approximate surface area is 109 Å². The highest BCUT2D eigenvalue weighted by Gasteiger charge is 2.27. The summed E-state index contributed by atoms with van der Waals surface area (Å²) in [6, 6.07) is 11.1. The Balaban J connectivity index is 1.95. The number of aromatic hydroxyl groups is 2. The van der Waals surface area contributed by atoms with Crippen LogP contribution in [-0.2, 0) is 0 Å². The predicted octanol–water partition coefficient (Wildman–Crippen LogP) is 2.80. The van der Waals surface area contributed by atoms with Crippen LogP contribution in [-0.4, -0.2) is 16.0 Å². The van der Waals surface area contributed by atoms with Crippen molar-refractivity contribution in [2.75, 3.05) is 0 Å². The number of ketones is 1. The monoisotopic (exact) mass is 256 g/mol. The first-order valence-electron chi connectivity index (χ1n) is 5.95. The van der Waals surface area contributed by atoms with Crippen molar-refractivity contribution in [2.45, 2.75) is 12.5 Å². The highest BCUT2D eigenvalue weighted by molar-refractivity contribution is 6.00. The molecule has 0 fully saturated rings. The summed E-state index contributed by atoms with van der Waals surface area (Å²) < 4.78 is 5.77. The number of benzene rings is 2. The first-order chi connectivity index (χ1) is 9.13. The van der Waals surface area contributed by atoms with Crippen molar-refractivity contribution < 1.29 is 19.7 Å². The van der Waals surface area contributed by atoms with Crippen LogP contribution in [0.4, 0.5) is 0 Å². The van der Waals surface area contributed by atoms with Gasteiger partial charge in [0, 0.05) is 0 Å². The van der Waals surface area contributed by atoms with Gasteiger partial charge in [0.05, 0.1) is 12.0 Å². The van der Waals surface area contributed by atoms with Crippen LogP contribution in [0.1, 0.15) is 28.4 Å². The van der Waals surface area contributed by atoms with Gasteiger partial charge in [0.25, 0.3) is 0 Å². The summed E-state index contributed by atoms with van der Waals surface area (Å²) in [6.07, 6.45) is -0.133. The molecule has 19 heavy (non-hydrogen) atoms. The van der Waals surface area contributed by atoms with E-state index in [0.29, 0.717) is 11.3 Å².